The number of allylic oxidation sites excluding steroid dienone is 3. The lowest BCUT2D eigenvalue weighted by atomic mass is 9.90. The van der Waals surface area contributed by atoms with Crippen molar-refractivity contribution in [1.82, 2.24) is 5.32 Å². The van der Waals surface area contributed by atoms with E-state index in [0.29, 0.717) is 36.7 Å². The van der Waals surface area contributed by atoms with Gasteiger partial charge in [0.15, 0.2) is 0 Å². The number of carbonyl (C=O) groups is 2. The Morgan fingerprint density at radius 2 is 1.43 bits per heavy atom. The van der Waals surface area contributed by atoms with Gasteiger partial charge < -0.3 is 30.0 Å². The van der Waals surface area contributed by atoms with E-state index in [-0.39, 0.29) is 43.0 Å². The molecule has 1 fully saturated rings. The maximum Gasteiger partial charge on any atom is 0.472 e. The first kappa shape index (κ1) is 52.3. The third kappa shape index (κ3) is 27.1. The molecule has 0 bridgehead atoms. The van der Waals surface area contributed by atoms with Gasteiger partial charge in [-0.1, -0.05) is 140 Å². The fourth-order valence-electron chi connectivity index (χ4n) is 6.84. The van der Waals surface area contributed by atoms with Crippen LogP contribution in [0.15, 0.2) is 36.5 Å². The highest BCUT2D eigenvalue weighted by atomic mass is 31.2. The highest BCUT2D eigenvalue weighted by Crippen LogP contribution is 2.43. The molecule has 1 saturated carbocycles. The smallest absolute Gasteiger partial charge is 0.392 e. The second-order valence-corrected chi connectivity index (χ2v) is 18.3. The molecule has 0 aromatic carbocycles. The molecular formula is C44H82N2O9P+. The number of ketones is 1. The van der Waals surface area contributed by atoms with Gasteiger partial charge in [-0.15, -0.1) is 0 Å². The summed E-state index contributed by atoms with van der Waals surface area (Å²) in [6.45, 7) is 4.46. The molecule has 56 heavy (non-hydrogen) atoms. The minimum absolute atomic E-state index is 0.0119. The molecule has 326 valence electrons. The van der Waals surface area contributed by atoms with Crippen molar-refractivity contribution >= 4 is 19.5 Å². The lowest BCUT2D eigenvalue weighted by molar-refractivity contribution is -0.870. The van der Waals surface area contributed by atoms with Gasteiger partial charge in [0.25, 0.3) is 0 Å². The molecule has 0 aromatic rings. The van der Waals surface area contributed by atoms with E-state index in [4.69, 9.17) is 9.05 Å². The third-order valence-electron chi connectivity index (χ3n) is 10.5. The van der Waals surface area contributed by atoms with Crippen LogP contribution < -0.4 is 5.32 Å². The second-order valence-electron chi connectivity index (χ2n) is 16.9. The van der Waals surface area contributed by atoms with Gasteiger partial charge in [-0.25, -0.2) is 4.57 Å². The summed E-state index contributed by atoms with van der Waals surface area (Å²) < 4.78 is 23.5. The first-order valence-corrected chi connectivity index (χ1v) is 23.5. The van der Waals surface area contributed by atoms with Crippen molar-refractivity contribution in [3.63, 3.8) is 0 Å². The van der Waals surface area contributed by atoms with Gasteiger partial charge in [-0.3, -0.25) is 18.6 Å². The zero-order chi connectivity index (χ0) is 41.7. The normalized spacial score (nSPS) is 20.7. The van der Waals surface area contributed by atoms with Crippen LogP contribution in [0.2, 0.25) is 0 Å². The molecule has 1 aliphatic rings. The standard InChI is InChI=1S/C44H81N2O9P/c1-6-8-10-11-12-13-14-15-16-17-18-19-20-25-29-41(48)40(36-55-56(52,53)54-34-33-46(3,4)5)45-44(51)30-26-22-21-24-28-38-39(43(50)35-42(38)49)32-31-37(47)27-23-9-7-2/h21,24-25,29,31-32,37-41,43,47-48,50H,6-20,22-23,26-28,30,33-36H2,1-5H3,(H-,45,51,52,53)/p+1/b24-21-,29-25+,32-31+/t37-,38+,39+,40-,41+,43+/m0/s1. The van der Waals surface area contributed by atoms with Crippen LogP contribution in [-0.2, 0) is 23.2 Å². The molecular weight excluding hydrogens is 731 g/mol. The first-order chi connectivity index (χ1) is 26.7. The Morgan fingerprint density at radius 3 is 2.05 bits per heavy atom. The fourth-order valence-corrected chi connectivity index (χ4v) is 7.58. The molecule has 0 spiro atoms. The van der Waals surface area contributed by atoms with Crippen LogP contribution >= 0.6 is 7.82 Å². The quantitative estimate of drug-likeness (QED) is 0.0183. The van der Waals surface area contributed by atoms with Gasteiger partial charge in [0, 0.05) is 24.7 Å². The predicted molar refractivity (Wildman–Crippen MR) is 227 cm³/mol. The Bertz CT molecular complexity index is 1170. The van der Waals surface area contributed by atoms with E-state index in [9.17, 15) is 34.4 Å². The summed E-state index contributed by atoms with van der Waals surface area (Å²) in [5.41, 5.74) is 0. The number of unbranched alkanes of at least 4 members (excludes halogenated alkanes) is 15. The largest absolute Gasteiger partial charge is 0.472 e. The van der Waals surface area contributed by atoms with Crippen molar-refractivity contribution in [2.24, 2.45) is 11.8 Å². The number of phosphoric acid groups is 1. The average Bonchev–Trinajstić information content (AvgIpc) is 3.40. The molecule has 5 N–H and O–H groups in total. The number of Topliss-reactive ketones (excluding diaryl/α,β-unsaturated/α-hetero) is 1. The van der Waals surface area contributed by atoms with Crippen LogP contribution in [0.3, 0.4) is 0 Å². The molecule has 11 nitrogen and oxygen atoms in total. The number of likely N-dealkylation sites (N-methyl/N-ethyl adjacent to an activating group) is 1. The van der Waals surface area contributed by atoms with E-state index in [1.807, 2.05) is 39.4 Å². The maximum atomic E-state index is 12.9. The summed E-state index contributed by atoms with van der Waals surface area (Å²) in [5.74, 6) is -0.994. The number of hydrogen-bond donors (Lipinski definition) is 5. The van der Waals surface area contributed by atoms with Crippen molar-refractivity contribution in [1.29, 1.82) is 0 Å². The SMILES string of the molecule is CCCCCCCCCCCCCC/C=C/[C@@H](O)[C@H](COP(=O)(O)OCC[N+](C)(C)C)NC(=O)CCC/C=C\C[C@H]1C(=O)C[C@@H](O)[C@@H]1/C=C/[C@@H](O)CCCCC. The zero-order valence-electron chi connectivity index (χ0n) is 35.8. The van der Waals surface area contributed by atoms with Gasteiger partial charge in [-0.05, 0) is 38.5 Å². The summed E-state index contributed by atoms with van der Waals surface area (Å²) in [7, 11) is 1.40. The van der Waals surface area contributed by atoms with Crippen molar-refractivity contribution < 1.29 is 47.9 Å². The lowest BCUT2D eigenvalue weighted by Crippen LogP contribution is -2.45. The minimum atomic E-state index is -4.41. The van der Waals surface area contributed by atoms with Crippen molar-refractivity contribution in [3.8, 4) is 0 Å². The molecule has 7 atom stereocenters. The number of aliphatic hydroxyl groups excluding tert-OH is 3. The van der Waals surface area contributed by atoms with Crippen LogP contribution in [-0.4, -0.2) is 102 Å². The molecule has 0 aromatic heterocycles. The molecule has 1 unspecified atom stereocenters. The summed E-state index contributed by atoms with van der Waals surface area (Å²) >= 11 is 0. The van der Waals surface area contributed by atoms with Gasteiger partial charge in [0.05, 0.1) is 52.1 Å². The Hall–Kier alpha value is -1.69. The number of rotatable bonds is 35. The molecule has 1 rings (SSSR count). The lowest BCUT2D eigenvalue weighted by Gasteiger charge is -2.25. The van der Waals surface area contributed by atoms with Crippen LogP contribution in [0.5, 0.6) is 0 Å². The molecule has 0 saturated heterocycles. The molecule has 12 heteroatoms. The predicted octanol–water partition coefficient (Wildman–Crippen LogP) is 8.50. The number of carbonyl (C=O) groups excluding carboxylic acids is 2. The number of amides is 1. The van der Waals surface area contributed by atoms with E-state index in [0.717, 1.165) is 38.5 Å². The Kier molecular flexibility index (Phi) is 29.2. The molecule has 1 amide bonds. The van der Waals surface area contributed by atoms with E-state index in [2.05, 4.69) is 19.2 Å². The number of nitrogens with zero attached hydrogens (tertiary/aromatic N) is 1. The van der Waals surface area contributed by atoms with Gasteiger partial charge in [0.2, 0.25) is 5.91 Å². The number of quaternary nitrogens is 1. The summed E-state index contributed by atoms with van der Waals surface area (Å²) in [6, 6.07) is -0.950. The van der Waals surface area contributed by atoms with Crippen molar-refractivity contribution in [2.75, 3.05) is 40.9 Å². The summed E-state index contributed by atoms with van der Waals surface area (Å²) in [4.78, 5) is 35.8. The topological polar surface area (TPSA) is 163 Å². The molecule has 0 aliphatic heterocycles. The highest BCUT2D eigenvalue weighted by Gasteiger charge is 2.39. The fraction of sp³-hybridized carbons (Fsp3) is 0.818. The molecule has 0 radical (unpaired) electrons. The highest BCUT2D eigenvalue weighted by molar-refractivity contribution is 7.47. The molecule has 1 aliphatic carbocycles. The number of nitrogens with one attached hydrogen (secondary N) is 1. The third-order valence-corrected chi connectivity index (χ3v) is 11.5. The Balaban J connectivity index is 2.59. The van der Waals surface area contributed by atoms with Gasteiger partial charge >= 0.3 is 7.82 Å². The van der Waals surface area contributed by atoms with Gasteiger partial charge in [-0.2, -0.15) is 0 Å². The van der Waals surface area contributed by atoms with E-state index in [1.54, 1.807) is 18.2 Å². The average molecular weight is 814 g/mol. The van der Waals surface area contributed by atoms with Crippen molar-refractivity contribution in [3.05, 3.63) is 36.5 Å². The van der Waals surface area contributed by atoms with Crippen LogP contribution in [0.4, 0.5) is 0 Å². The van der Waals surface area contributed by atoms with Crippen LogP contribution in [0, 0.1) is 11.8 Å². The summed E-state index contributed by atoms with van der Waals surface area (Å²) in [6.07, 6.45) is 29.9. The van der Waals surface area contributed by atoms with E-state index in [1.165, 1.54) is 64.2 Å². The Morgan fingerprint density at radius 1 is 0.839 bits per heavy atom. The van der Waals surface area contributed by atoms with E-state index >= 15 is 0 Å². The number of phosphoric ester groups is 1. The van der Waals surface area contributed by atoms with E-state index < -0.39 is 38.8 Å². The molecule has 0 heterocycles. The number of hydrogen-bond acceptors (Lipinski definition) is 8. The second kappa shape index (κ2) is 31.3. The first-order valence-electron chi connectivity index (χ1n) is 22.0. The van der Waals surface area contributed by atoms with Gasteiger partial charge in [0.1, 0.15) is 18.9 Å². The minimum Gasteiger partial charge on any atom is -0.392 e. The monoisotopic (exact) mass is 814 g/mol. The number of aliphatic hydroxyl groups is 3. The van der Waals surface area contributed by atoms with Crippen molar-refractivity contribution in [2.45, 2.75) is 179 Å². The maximum absolute atomic E-state index is 12.9. The van der Waals surface area contributed by atoms with Crippen LogP contribution in [0.1, 0.15) is 155 Å². The van der Waals surface area contributed by atoms with Crippen LogP contribution in [0.25, 0.3) is 0 Å². The summed E-state index contributed by atoms with van der Waals surface area (Å²) in [5, 5.41) is 34.5. The zero-order valence-corrected chi connectivity index (χ0v) is 36.7. The Labute approximate surface area is 340 Å².